The minimum atomic E-state index is -0.144. The fourth-order valence-electron chi connectivity index (χ4n) is 2.85. The van der Waals surface area contributed by atoms with Crippen LogP contribution in [-0.2, 0) is 9.53 Å². The number of carbonyl (C=O) groups is 1. The fourth-order valence-corrected chi connectivity index (χ4v) is 2.85. The third kappa shape index (κ3) is 3.97. The van der Waals surface area contributed by atoms with Crippen LogP contribution in [0.2, 0.25) is 0 Å². The lowest BCUT2D eigenvalue weighted by Crippen LogP contribution is -2.41. The van der Waals surface area contributed by atoms with Gasteiger partial charge >= 0.3 is 0 Å². The molecule has 1 aromatic heterocycles. The van der Waals surface area contributed by atoms with Crippen LogP contribution in [0.3, 0.4) is 0 Å². The zero-order valence-electron chi connectivity index (χ0n) is 13.2. The van der Waals surface area contributed by atoms with Crippen LogP contribution < -0.4 is 16.0 Å². The van der Waals surface area contributed by atoms with Gasteiger partial charge in [0.05, 0.1) is 12.6 Å². The van der Waals surface area contributed by atoms with Gasteiger partial charge < -0.3 is 20.7 Å². The van der Waals surface area contributed by atoms with Crippen molar-refractivity contribution in [3.8, 4) is 0 Å². The van der Waals surface area contributed by atoms with Crippen LogP contribution in [-0.4, -0.2) is 49.8 Å². The van der Waals surface area contributed by atoms with Crippen LogP contribution >= 0.6 is 0 Å². The first-order chi connectivity index (χ1) is 11.3. The SMILES string of the molecule is COCCNC(=O)[C@@H]1C[C@@H](Nc2ccc3cnccc3c2)CN1. The summed E-state index contributed by atoms with van der Waals surface area (Å²) in [6.07, 6.45) is 4.42. The third-order valence-corrected chi connectivity index (χ3v) is 4.06. The predicted molar refractivity (Wildman–Crippen MR) is 90.4 cm³/mol. The van der Waals surface area contributed by atoms with E-state index in [9.17, 15) is 4.79 Å². The van der Waals surface area contributed by atoms with Gasteiger partial charge in [0.25, 0.3) is 0 Å². The molecule has 0 spiro atoms. The van der Waals surface area contributed by atoms with Crippen LogP contribution in [0.4, 0.5) is 5.69 Å². The molecule has 1 aliphatic heterocycles. The second-order valence-electron chi connectivity index (χ2n) is 5.76. The van der Waals surface area contributed by atoms with Crippen LogP contribution in [0.1, 0.15) is 6.42 Å². The van der Waals surface area contributed by atoms with Gasteiger partial charge in [-0.2, -0.15) is 0 Å². The van der Waals surface area contributed by atoms with Gasteiger partial charge in [0.2, 0.25) is 5.91 Å². The molecule has 3 rings (SSSR count). The molecule has 6 heteroatoms. The van der Waals surface area contributed by atoms with Crippen LogP contribution in [0.25, 0.3) is 10.8 Å². The summed E-state index contributed by atoms with van der Waals surface area (Å²) in [5.41, 5.74) is 1.07. The summed E-state index contributed by atoms with van der Waals surface area (Å²) in [5.74, 6) is 0.0379. The van der Waals surface area contributed by atoms with E-state index in [2.05, 4.69) is 39.1 Å². The van der Waals surface area contributed by atoms with E-state index >= 15 is 0 Å². The van der Waals surface area contributed by atoms with Gasteiger partial charge in [-0.15, -0.1) is 0 Å². The highest BCUT2D eigenvalue weighted by Gasteiger charge is 2.29. The molecule has 1 amide bonds. The van der Waals surface area contributed by atoms with Gasteiger partial charge in [-0.3, -0.25) is 9.78 Å². The first-order valence-corrected chi connectivity index (χ1v) is 7.86. The maximum Gasteiger partial charge on any atom is 0.237 e. The van der Waals surface area contributed by atoms with E-state index in [1.807, 2.05) is 12.3 Å². The Balaban J connectivity index is 1.55. The monoisotopic (exact) mass is 314 g/mol. The highest BCUT2D eigenvalue weighted by molar-refractivity contribution is 5.85. The number of ether oxygens (including phenoxy) is 1. The summed E-state index contributed by atoms with van der Waals surface area (Å²) >= 11 is 0. The number of rotatable bonds is 6. The molecule has 2 atom stereocenters. The zero-order chi connectivity index (χ0) is 16.1. The summed E-state index contributed by atoms with van der Waals surface area (Å²) in [7, 11) is 1.62. The smallest absolute Gasteiger partial charge is 0.237 e. The van der Waals surface area contributed by atoms with Crippen molar-refractivity contribution >= 4 is 22.4 Å². The van der Waals surface area contributed by atoms with Crippen LogP contribution in [0, 0.1) is 0 Å². The number of amides is 1. The average molecular weight is 314 g/mol. The van der Waals surface area contributed by atoms with Crippen molar-refractivity contribution < 1.29 is 9.53 Å². The Kier molecular flexibility index (Phi) is 5.05. The number of fused-ring (bicyclic) bond motifs is 1. The highest BCUT2D eigenvalue weighted by atomic mass is 16.5. The first-order valence-electron chi connectivity index (χ1n) is 7.86. The summed E-state index contributed by atoms with van der Waals surface area (Å²) in [6.45, 7) is 1.85. The molecule has 3 N–H and O–H groups in total. The van der Waals surface area contributed by atoms with E-state index in [1.165, 1.54) is 0 Å². The summed E-state index contributed by atoms with van der Waals surface area (Å²) < 4.78 is 4.94. The van der Waals surface area contributed by atoms with Gasteiger partial charge in [-0.1, -0.05) is 6.07 Å². The molecule has 0 bridgehead atoms. The molecule has 2 aromatic rings. The van der Waals surface area contributed by atoms with Crippen molar-refractivity contribution in [1.29, 1.82) is 0 Å². The van der Waals surface area contributed by atoms with E-state index in [-0.39, 0.29) is 18.0 Å². The van der Waals surface area contributed by atoms with Crippen molar-refractivity contribution in [2.45, 2.75) is 18.5 Å². The van der Waals surface area contributed by atoms with Gasteiger partial charge in [-0.05, 0) is 30.0 Å². The molecule has 0 saturated carbocycles. The van der Waals surface area contributed by atoms with E-state index in [4.69, 9.17) is 4.74 Å². The van der Waals surface area contributed by atoms with Crippen molar-refractivity contribution in [2.24, 2.45) is 0 Å². The fraction of sp³-hybridized carbons (Fsp3) is 0.412. The number of benzene rings is 1. The quantitative estimate of drug-likeness (QED) is 0.697. The Morgan fingerprint density at radius 3 is 3.17 bits per heavy atom. The Morgan fingerprint density at radius 2 is 2.30 bits per heavy atom. The second kappa shape index (κ2) is 7.39. The lowest BCUT2D eigenvalue weighted by Gasteiger charge is -2.14. The van der Waals surface area contributed by atoms with Gasteiger partial charge in [0.1, 0.15) is 0 Å². The van der Waals surface area contributed by atoms with Crippen molar-refractivity contribution in [3.05, 3.63) is 36.7 Å². The Labute approximate surface area is 135 Å². The predicted octanol–water partition coefficient (Wildman–Crippen LogP) is 1.14. The molecular weight excluding hydrogens is 292 g/mol. The third-order valence-electron chi connectivity index (χ3n) is 4.06. The van der Waals surface area contributed by atoms with Crippen molar-refractivity contribution in [2.75, 3.05) is 32.1 Å². The van der Waals surface area contributed by atoms with E-state index in [0.717, 1.165) is 29.4 Å². The topological polar surface area (TPSA) is 75.3 Å². The number of pyridine rings is 1. The van der Waals surface area contributed by atoms with Crippen molar-refractivity contribution in [3.63, 3.8) is 0 Å². The number of carbonyl (C=O) groups excluding carboxylic acids is 1. The molecule has 1 aromatic carbocycles. The molecule has 1 saturated heterocycles. The Hall–Kier alpha value is -2.18. The van der Waals surface area contributed by atoms with Crippen molar-refractivity contribution in [1.82, 2.24) is 15.6 Å². The number of nitrogens with one attached hydrogen (secondary N) is 3. The van der Waals surface area contributed by atoms with E-state index in [0.29, 0.717) is 13.2 Å². The van der Waals surface area contributed by atoms with Gasteiger partial charge in [0, 0.05) is 49.7 Å². The molecule has 6 nitrogen and oxygen atoms in total. The molecule has 1 fully saturated rings. The molecule has 0 unspecified atom stereocenters. The normalized spacial score (nSPS) is 20.6. The summed E-state index contributed by atoms with van der Waals surface area (Å²) in [4.78, 5) is 16.2. The largest absolute Gasteiger partial charge is 0.383 e. The average Bonchev–Trinajstić information content (AvgIpc) is 3.03. The summed E-state index contributed by atoms with van der Waals surface area (Å²) in [5, 5.41) is 11.9. The minimum Gasteiger partial charge on any atom is -0.383 e. The molecule has 1 aliphatic rings. The van der Waals surface area contributed by atoms with E-state index in [1.54, 1.807) is 13.3 Å². The van der Waals surface area contributed by atoms with Crippen LogP contribution in [0.15, 0.2) is 36.7 Å². The number of hydrogen-bond acceptors (Lipinski definition) is 5. The first kappa shape index (κ1) is 15.7. The lowest BCUT2D eigenvalue weighted by atomic mass is 10.1. The number of aromatic nitrogens is 1. The summed E-state index contributed by atoms with van der Waals surface area (Å²) in [6, 6.07) is 8.32. The number of anilines is 1. The maximum absolute atomic E-state index is 12.0. The second-order valence-corrected chi connectivity index (χ2v) is 5.76. The number of hydrogen-bond donors (Lipinski definition) is 3. The Morgan fingerprint density at radius 1 is 1.39 bits per heavy atom. The molecule has 0 radical (unpaired) electrons. The molecule has 2 heterocycles. The lowest BCUT2D eigenvalue weighted by molar-refractivity contribution is -0.122. The zero-order valence-corrected chi connectivity index (χ0v) is 13.2. The standard InChI is InChI=1S/C17H22N4O2/c1-23-7-6-19-17(22)16-9-15(11-20-16)21-14-3-2-13-10-18-5-4-12(13)8-14/h2-5,8,10,15-16,20-21H,6-7,9,11H2,1H3,(H,19,22)/t15-,16+/m1/s1. The highest BCUT2D eigenvalue weighted by Crippen LogP contribution is 2.20. The maximum atomic E-state index is 12.0. The van der Waals surface area contributed by atoms with Gasteiger partial charge in [-0.25, -0.2) is 0 Å². The van der Waals surface area contributed by atoms with E-state index < -0.39 is 0 Å². The number of methoxy groups -OCH3 is 1. The molecule has 0 aliphatic carbocycles. The number of nitrogens with zero attached hydrogens (tertiary/aromatic N) is 1. The minimum absolute atomic E-state index is 0.0379. The molecule has 23 heavy (non-hydrogen) atoms. The van der Waals surface area contributed by atoms with Crippen LogP contribution in [0.5, 0.6) is 0 Å². The molecule has 122 valence electrons. The Bertz CT molecular complexity index is 676. The molecular formula is C17H22N4O2. The van der Waals surface area contributed by atoms with Gasteiger partial charge in [0.15, 0.2) is 0 Å².